The standard InChI is InChI=1S/C55H55N/c1-35-29-36(2)31-38(4)55(37(3)30-35)49-18-11-8-15-45(49)46-28-27-44(33-51(46)55)56(43-25-22-41(23-26-43)40-13-6-5-7-14-40)52-20-12-19-50-53(52)47-16-9-10-17-48(47)54(50)34-39-21-24-42(54)32-39/h5-20,22-23,25-28,33,35-39,42H,21,24,29-32,34H2,1-4H3/t35-,36?,37+,38+,39?,42?,54-,55+/m1/s1. The fraction of sp³-hybridized carbons (Fsp3) is 0.345. The molecule has 2 bridgehead atoms. The second-order valence-corrected chi connectivity index (χ2v) is 18.9. The lowest BCUT2D eigenvalue weighted by atomic mass is 9.56. The summed E-state index contributed by atoms with van der Waals surface area (Å²) in [5.41, 5.74) is 18.4. The molecule has 6 aromatic rings. The summed E-state index contributed by atoms with van der Waals surface area (Å²) >= 11 is 0. The maximum Gasteiger partial charge on any atom is 0.0543 e. The van der Waals surface area contributed by atoms with Crippen molar-refractivity contribution in [2.45, 2.75) is 83.5 Å². The molecule has 5 aliphatic rings. The number of fused-ring (bicyclic) bond motifs is 13. The Kier molecular flexibility index (Phi) is 7.87. The first kappa shape index (κ1) is 34.4. The van der Waals surface area contributed by atoms with Crippen molar-refractivity contribution >= 4 is 17.1 Å². The summed E-state index contributed by atoms with van der Waals surface area (Å²) < 4.78 is 0. The van der Waals surface area contributed by atoms with Crippen molar-refractivity contribution in [2.24, 2.45) is 35.5 Å². The summed E-state index contributed by atoms with van der Waals surface area (Å²) in [5, 5.41) is 0. The van der Waals surface area contributed by atoms with Crippen molar-refractivity contribution in [3.63, 3.8) is 0 Å². The highest BCUT2D eigenvalue weighted by atomic mass is 15.1. The van der Waals surface area contributed by atoms with Gasteiger partial charge in [0.15, 0.2) is 0 Å². The van der Waals surface area contributed by atoms with Crippen molar-refractivity contribution in [1.82, 2.24) is 0 Å². The predicted molar refractivity (Wildman–Crippen MR) is 235 cm³/mol. The van der Waals surface area contributed by atoms with Crippen LogP contribution in [-0.4, -0.2) is 0 Å². The molecule has 1 nitrogen and oxygen atoms in total. The zero-order valence-electron chi connectivity index (χ0n) is 33.6. The van der Waals surface area contributed by atoms with Gasteiger partial charge in [0.1, 0.15) is 0 Å². The van der Waals surface area contributed by atoms with E-state index in [0.717, 1.165) is 11.8 Å². The van der Waals surface area contributed by atoms with Gasteiger partial charge in [-0.2, -0.15) is 0 Å². The first-order valence-corrected chi connectivity index (χ1v) is 21.8. The van der Waals surface area contributed by atoms with E-state index in [1.54, 1.807) is 22.3 Å². The van der Waals surface area contributed by atoms with E-state index >= 15 is 0 Å². The van der Waals surface area contributed by atoms with E-state index in [0.29, 0.717) is 23.7 Å². The zero-order valence-corrected chi connectivity index (χ0v) is 33.6. The third-order valence-electron chi connectivity index (χ3n) is 15.8. The van der Waals surface area contributed by atoms with Crippen LogP contribution in [0.5, 0.6) is 0 Å². The molecule has 0 aliphatic heterocycles. The van der Waals surface area contributed by atoms with E-state index in [1.165, 1.54) is 95.4 Å². The highest BCUT2D eigenvalue weighted by Crippen LogP contribution is 2.67. The van der Waals surface area contributed by atoms with Crippen LogP contribution in [-0.2, 0) is 10.8 Å². The van der Waals surface area contributed by atoms with Crippen LogP contribution in [0.1, 0.15) is 94.9 Å². The molecule has 0 saturated heterocycles. The van der Waals surface area contributed by atoms with Gasteiger partial charge >= 0.3 is 0 Å². The molecule has 0 radical (unpaired) electrons. The summed E-state index contributed by atoms with van der Waals surface area (Å²) in [5.74, 6) is 4.07. The van der Waals surface area contributed by atoms with Gasteiger partial charge in [0, 0.05) is 27.8 Å². The number of hydrogen-bond donors (Lipinski definition) is 0. The number of anilines is 3. The Labute approximate surface area is 334 Å². The van der Waals surface area contributed by atoms with Crippen molar-refractivity contribution in [3.8, 4) is 33.4 Å². The minimum absolute atomic E-state index is 0.0356. The van der Waals surface area contributed by atoms with Crippen LogP contribution in [0.15, 0.2) is 140 Å². The molecule has 0 N–H and O–H groups in total. The fourth-order valence-electron chi connectivity index (χ4n) is 13.9. The molecule has 1 heteroatoms. The van der Waals surface area contributed by atoms with Crippen LogP contribution in [0.3, 0.4) is 0 Å². The van der Waals surface area contributed by atoms with Crippen LogP contribution < -0.4 is 4.90 Å². The SMILES string of the molecule is CC1C[C@@H](C)C[C@H](C)[C@@]2(c3ccccc3-c3ccc(N(c4ccc(-c5ccccc5)cc4)c4cccc5c4-c4ccccc4[C@]54CC5CCC4C5)cc32)[C@@H](C)C1. The van der Waals surface area contributed by atoms with Gasteiger partial charge in [-0.1, -0.05) is 143 Å². The molecule has 280 valence electrons. The summed E-state index contributed by atoms with van der Waals surface area (Å²) in [6.07, 6.45) is 9.27. The molecule has 11 rings (SSSR count). The van der Waals surface area contributed by atoms with Crippen LogP contribution in [0.25, 0.3) is 33.4 Å². The van der Waals surface area contributed by atoms with E-state index in [1.807, 2.05) is 0 Å². The average Bonchev–Trinajstić information content (AvgIpc) is 3.98. The summed E-state index contributed by atoms with van der Waals surface area (Å²) in [6, 6.07) is 54.1. The van der Waals surface area contributed by atoms with Gasteiger partial charge in [0.2, 0.25) is 0 Å². The Morgan fingerprint density at radius 1 is 0.482 bits per heavy atom. The maximum absolute atomic E-state index is 2.65. The second kappa shape index (κ2) is 12.8. The molecule has 0 amide bonds. The molecule has 56 heavy (non-hydrogen) atoms. The maximum atomic E-state index is 2.65. The molecule has 3 unspecified atom stereocenters. The van der Waals surface area contributed by atoms with Crippen molar-refractivity contribution < 1.29 is 0 Å². The minimum Gasteiger partial charge on any atom is -0.310 e. The molecule has 5 aliphatic carbocycles. The van der Waals surface area contributed by atoms with E-state index in [-0.39, 0.29) is 10.8 Å². The molecule has 8 atom stereocenters. The normalized spacial score (nSPS) is 29.4. The molecular weight excluding hydrogens is 675 g/mol. The van der Waals surface area contributed by atoms with Gasteiger partial charge in [-0.3, -0.25) is 0 Å². The Morgan fingerprint density at radius 3 is 1.82 bits per heavy atom. The molecule has 3 fully saturated rings. The summed E-state index contributed by atoms with van der Waals surface area (Å²) in [4.78, 5) is 2.64. The van der Waals surface area contributed by atoms with Gasteiger partial charge in [0.05, 0.1) is 5.69 Å². The Bertz CT molecular complexity index is 2440. The van der Waals surface area contributed by atoms with Crippen LogP contribution in [0, 0.1) is 35.5 Å². The lowest BCUT2D eigenvalue weighted by molar-refractivity contribution is 0.147. The monoisotopic (exact) mass is 729 g/mol. The largest absolute Gasteiger partial charge is 0.310 e. The van der Waals surface area contributed by atoms with E-state index < -0.39 is 0 Å². The Balaban J connectivity index is 1.15. The molecular formula is C55H55N. The topological polar surface area (TPSA) is 3.24 Å². The van der Waals surface area contributed by atoms with E-state index in [9.17, 15) is 0 Å². The second-order valence-electron chi connectivity index (χ2n) is 18.9. The number of benzene rings is 6. The molecule has 6 aromatic carbocycles. The average molecular weight is 730 g/mol. The van der Waals surface area contributed by atoms with Gasteiger partial charge in [0.25, 0.3) is 0 Å². The third-order valence-corrected chi connectivity index (χ3v) is 15.8. The van der Waals surface area contributed by atoms with Crippen LogP contribution in [0.2, 0.25) is 0 Å². The lowest BCUT2D eigenvalue weighted by Crippen LogP contribution is -2.42. The molecule has 2 spiro atoms. The van der Waals surface area contributed by atoms with Crippen molar-refractivity contribution in [3.05, 3.63) is 162 Å². The van der Waals surface area contributed by atoms with Gasteiger partial charge < -0.3 is 4.90 Å². The molecule has 3 saturated carbocycles. The lowest BCUT2D eigenvalue weighted by Gasteiger charge is -2.47. The van der Waals surface area contributed by atoms with Crippen molar-refractivity contribution in [2.75, 3.05) is 4.90 Å². The van der Waals surface area contributed by atoms with Gasteiger partial charge in [-0.05, 0) is 154 Å². The fourth-order valence-corrected chi connectivity index (χ4v) is 13.9. The van der Waals surface area contributed by atoms with Gasteiger partial charge in [-0.15, -0.1) is 0 Å². The number of hydrogen-bond acceptors (Lipinski definition) is 1. The highest BCUT2D eigenvalue weighted by Gasteiger charge is 2.57. The molecule has 0 aromatic heterocycles. The van der Waals surface area contributed by atoms with Crippen LogP contribution in [0.4, 0.5) is 17.1 Å². The van der Waals surface area contributed by atoms with E-state index in [4.69, 9.17) is 0 Å². The summed E-state index contributed by atoms with van der Waals surface area (Å²) in [7, 11) is 0. The Morgan fingerprint density at radius 2 is 1.11 bits per heavy atom. The summed E-state index contributed by atoms with van der Waals surface area (Å²) in [6.45, 7) is 10.2. The highest BCUT2D eigenvalue weighted by molar-refractivity contribution is 5.96. The number of rotatable bonds is 4. The molecule has 0 heterocycles. The predicted octanol–water partition coefficient (Wildman–Crippen LogP) is 14.9. The minimum atomic E-state index is -0.0356. The van der Waals surface area contributed by atoms with Crippen LogP contribution >= 0.6 is 0 Å². The van der Waals surface area contributed by atoms with E-state index in [2.05, 4.69) is 172 Å². The first-order valence-electron chi connectivity index (χ1n) is 21.8. The van der Waals surface area contributed by atoms with Gasteiger partial charge in [-0.25, -0.2) is 0 Å². The smallest absolute Gasteiger partial charge is 0.0543 e. The Hall–Kier alpha value is -4.88. The van der Waals surface area contributed by atoms with Crippen molar-refractivity contribution in [1.29, 1.82) is 0 Å². The first-order chi connectivity index (χ1) is 27.4. The zero-order chi connectivity index (χ0) is 37.8. The quantitative estimate of drug-likeness (QED) is 0.175. The third kappa shape index (κ3) is 4.79. The number of nitrogens with zero attached hydrogens (tertiary/aromatic N) is 1.